The van der Waals surface area contributed by atoms with E-state index in [4.69, 9.17) is 0 Å². The van der Waals surface area contributed by atoms with E-state index in [2.05, 4.69) is 20.9 Å². The summed E-state index contributed by atoms with van der Waals surface area (Å²) in [4.78, 5) is 13.9. The molecule has 11 heavy (non-hydrogen) atoms. The first-order valence-corrected chi connectivity index (χ1v) is 3.86. The van der Waals surface area contributed by atoms with Gasteiger partial charge in [-0.05, 0) is 34.1 Å². The highest BCUT2D eigenvalue weighted by molar-refractivity contribution is 9.10. The Hall–Kier alpha value is -0.960. The third-order valence-electron chi connectivity index (χ3n) is 1.14. The Morgan fingerprint density at radius 2 is 2.36 bits per heavy atom. The zero-order valence-electron chi connectivity index (χ0n) is 5.70. The summed E-state index contributed by atoms with van der Waals surface area (Å²) in [5.74, 6) is 0. The molecule has 0 saturated carbocycles. The molecule has 0 saturated heterocycles. The molecular formula is C8H6BrNO. The molecule has 1 aromatic heterocycles. The number of carbonyl (C=O) groups excluding carboxylic acids is 1. The van der Waals surface area contributed by atoms with E-state index in [0.29, 0.717) is 0 Å². The third-order valence-corrected chi connectivity index (χ3v) is 1.80. The van der Waals surface area contributed by atoms with Gasteiger partial charge in [-0.15, -0.1) is 0 Å². The molecule has 0 radical (unpaired) electrons. The average molecular weight is 212 g/mol. The predicted molar refractivity (Wildman–Crippen MR) is 47.0 cm³/mol. The van der Waals surface area contributed by atoms with E-state index in [9.17, 15) is 4.79 Å². The van der Waals surface area contributed by atoms with Crippen molar-refractivity contribution in [3.05, 3.63) is 34.6 Å². The molecule has 0 N–H and O–H groups in total. The number of rotatable bonds is 2. The molecule has 1 rings (SSSR count). The van der Waals surface area contributed by atoms with Crippen LogP contribution in [0.2, 0.25) is 0 Å². The van der Waals surface area contributed by atoms with E-state index < -0.39 is 0 Å². The lowest BCUT2D eigenvalue weighted by atomic mass is 10.3. The van der Waals surface area contributed by atoms with Gasteiger partial charge in [-0.1, -0.05) is 6.07 Å². The molecule has 3 heteroatoms. The Labute approximate surface area is 73.1 Å². The fourth-order valence-electron chi connectivity index (χ4n) is 0.666. The molecule has 0 amide bonds. The van der Waals surface area contributed by atoms with Gasteiger partial charge in [0.25, 0.3) is 0 Å². The minimum absolute atomic E-state index is 0.736. The second kappa shape index (κ2) is 4.03. The summed E-state index contributed by atoms with van der Waals surface area (Å²) in [6, 6.07) is 3.69. The fourth-order valence-corrected chi connectivity index (χ4v) is 1.05. The van der Waals surface area contributed by atoms with Gasteiger partial charge in [-0.3, -0.25) is 4.79 Å². The molecule has 56 valence electrons. The zero-order valence-corrected chi connectivity index (χ0v) is 7.28. The van der Waals surface area contributed by atoms with Crippen molar-refractivity contribution in [3.8, 4) is 0 Å². The van der Waals surface area contributed by atoms with Crippen LogP contribution in [0.3, 0.4) is 0 Å². The highest BCUT2D eigenvalue weighted by Gasteiger charge is 1.92. The van der Waals surface area contributed by atoms with Gasteiger partial charge in [0, 0.05) is 11.8 Å². The number of hydrogen-bond donors (Lipinski definition) is 0. The molecule has 0 bridgehead atoms. The minimum atomic E-state index is 0.736. The first kappa shape index (κ1) is 8.14. The first-order valence-electron chi connectivity index (χ1n) is 3.07. The maximum atomic E-state index is 9.97. The van der Waals surface area contributed by atoms with Gasteiger partial charge >= 0.3 is 0 Å². The van der Waals surface area contributed by atoms with E-state index in [1.54, 1.807) is 12.3 Å². The van der Waals surface area contributed by atoms with Crippen molar-refractivity contribution in [2.45, 2.75) is 0 Å². The number of allylic oxidation sites excluding steroid dienone is 1. The van der Waals surface area contributed by atoms with Crippen LogP contribution in [-0.4, -0.2) is 11.3 Å². The molecule has 0 spiro atoms. The van der Waals surface area contributed by atoms with Gasteiger partial charge in [0.15, 0.2) is 0 Å². The largest absolute Gasteiger partial charge is 0.299 e. The summed E-state index contributed by atoms with van der Waals surface area (Å²) in [5, 5.41) is 0. The molecule has 0 atom stereocenters. The number of carbonyl (C=O) groups is 1. The molecule has 0 fully saturated rings. The summed E-state index contributed by atoms with van der Waals surface area (Å²) < 4.78 is 0.748. The van der Waals surface area contributed by atoms with Gasteiger partial charge in [-0.2, -0.15) is 0 Å². The summed E-state index contributed by atoms with van der Waals surface area (Å²) in [6.45, 7) is 0. The maximum absolute atomic E-state index is 9.97. The maximum Gasteiger partial charge on any atom is 0.142 e. The van der Waals surface area contributed by atoms with Crippen LogP contribution < -0.4 is 0 Å². The number of hydrogen-bond acceptors (Lipinski definition) is 2. The van der Waals surface area contributed by atoms with Gasteiger partial charge in [0.05, 0.1) is 0 Å². The smallest absolute Gasteiger partial charge is 0.142 e. The van der Waals surface area contributed by atoms with Crippen molar-refractivity contribution in [3.63, 3.8) is 0 Å². The van der Waals surface area contributed by atoms with Crippen molar-refractivity contribution < 1.29 is 4.79 Å². The Morgan fingerprint density at radius 3 is 3.00 bits per heavy atom. The third kappa shape index (κ3) is 2.27. The van der Waals surface area contributed by atoms with Crippen molar-refractivity contribution in [2.75, 3.05) is 0 Å². The summed E-state index contributed by atoms with van der Waals surface area (Å²) in [6.07, 6.45) is 5.55. The normalized spacial score (nSPS) is 10.3. The van der Waals surface area contributed by atoms with E-state index in [1.807, 2.05) is 12.1 Å². The Bertz CT molecular complexity index is 283. The van der Waals surface area contributed by atoms with Crippen LogP contribution in [-0.2, 0) is 4.79 Å². The molecule has 0 aliphatic rings. The Kier molecular flexibility index (Phi) is 2.98. The number of pyridine rings is 1. The van der Waals surface area contributed by atoms with Crippen LogP contribution in [0.25, 0.3) is 6.08 Å². The molecular weight excluding hydrogens is 206 g/mol. The van der Waals surface area contributed by atoms with Crippen LogP contribution >= 0.6 is 15.9 Å². The Morgan fingerprint density at radius 1 is 1.55 bits per heavy atom. The van der Waals surface area contributed by atoms with Crippen molar-refractivity contribution >= 4 is 28.3 Å². The van der Waals surface area contributed by atoms with Crippen LogP contribution in [0.5, 0.6) is 0 Å². The molecule has 2 nitrogen and oxygen atoms in total. The minimum Gasteiger partial charge on any atom is -0.299 e. The van der Waals surface area contributed by atoms with E-state index in [0.717, 1.165) is 16.5 Å². The Balaban J connectivity index is 2.94. The van der Waals surface area contributed by atoms with Gasteiger partial charge in [-0.25, -0.2) is 4.98 Å². The number of nitrogens with zero attached hydrogens (tertiary/aromatic N) is 1. The summed E-state index contributed by atoms with van der Waals surface area (Å²) >= 11 is 3.25. The standard InChI is InChI=1S/C8H6BrNO/c9-8-7(4-2-6-11)3-1-5-10-8/h1-6H. The van der Waals surface area contributed by atoms with E-state index in [1.165, 1.54) is 6.08 Å². The van der Waals surface area contributed by atoms with E-state index >= 15 is 0 Å². The lowest BCUT2D eigenvalue weighted by Gasteiger charge is -1.93. The zero-order chi connectivity index (χ0) is 8.10. The molecule has 0 aliphatic carbocycles. The molecule has 0 aromatic carbocycles. The average Bonchev–Trinajstić information content (AvgIpc) is 2.03. The van der Waals surface area contributed by atoms with Crippen LogP contribution in [0.4, 0.5) is 0 Å². The quantitative estimate of drug-likeness (QED) is 0.426. The van der Waals surface area contributed by atoms with Gasteiger partial charge in [0.2, 0.25) is 0 Å². The first-order chi connectivity index (χ1) is 5.34. The highest BCUT2D eigenvalue weighted by atomic mass is 79.9. The number of aromatic nitrogens is 1. The summed E-state index contributed by atoms with van der Waals surface area (Å²) in [7, 11) is 0. The highest BCUT2D eigenvalue weighted by Crippen LogP contribution is 2.13. The molecule has 1 heterocycles. The lowest BCUT2D eigenvalue weighted by Crippen LogP contribution is -1.78. The van der Waals surface area contributed by atoms with Gasteiger partial charge in [0.1, 0.15) is 10.9 Å². The molecule has 0 unspecified atom stereocenters. The predicted octanol–water partition coefficient (Wildman–Crippen LogP) is 2.06. The van der Waals surface area contributed by atoms with Crippen molar-refractivity contribution in [1.82, 2.24) is 4.98 Å². The van der Waals surface area contributed by atoms with Crippen LogP contribution in [0, 0.1) is 0 Å². The number of halogens is 1. The molecule has 0 aliphatic heterocycles. The molecule has 1 aromatic rings. The second-order valence-corrected chi connectivity index (χ2v) is 2.63. The van der Waals surface area contributed by atoms with Crippen molar-refractivity contribution in [2.24, 2.45) is 0 Å². The van der Waals surface area contributed by atoms with E-state index in [-0.39, 0.29) is 0 Å². The van der Waals surface area contributed by atoms with Crippen molar-refractivity contribution in [1.29, 1.82) is 0 Å². The monoisotopic (exact) mass is 211 g/mol. The van der Waals surface area contributed by atoms with Crippen LogP contribution in [0.1, 0.15) is 5.56 Å². The summed E-state index contributed by atoms with van der Waals surface area (Å²) in [5.41, 5.74) is 0.902. The van der Waals surface area contributed by atoms with Crippen LogP contribution in [0.15, 0.2) is 29.0 Å². The lowest BCUT2D eigenvalue weighted by molar-refractivity contribution is -0.104. The fraction of sp³-hybridized carbons (Fsp3) is 0. The second-order valence-electron chi connectivity index (χ2n) is 1.88. The van der Waals surface area contributed by atoms with Gasteiger partial charge < -0.3 is 0 Å². The topological polar surface area (TPSA) is 30.0 Å². The SMILES string of the molecule is O=CC=Cc1cccnc1Br. The number of aldehydes is 1.